The third-order valence-electron chi connectivity index (χ3n) is 3.92. The number of carbonyl (C=O) groups is 1. The predicted octanol–water partition coefficient (Wildman–Crippen LogP) is 4.09. The number of nitrogens with zero attached hydrogens (tertiary/aromatic N) is 1. The third kappa shape index (κ3) is 23.2. The molecule has 0 saturated heterocycles. The molecule has 0 aliphatic carbocycles. The van der Waals surface area contributed by atoms with Crippen LogP contribution in [0.15, 0.2) is 60.8 Å². The molecule has 0 aromatic heterocycles. The first-order valence-electron chi connectivity index (χ1n) is 11.1. The van der Waals surface area contributed by atoms with Gasteiger partial charge < -0.3 is 19.2 Å². The molecule has 2 atom stereocenters. The highest BCUT2D eigenvalue weighted by Crippen LogP contribution is 2.43. The van der Waals surface area contributed by atoms with Gasteiger partial charge in [0.25, 0.3) is 0 Å². The summed E-state index contributed by atoms with van der Waals surface area (Å²) in [5, 5.41) is 9.78. The van der Waals surface area contributed by atoms with Crippen molar-refractivity contribution in [2.45, 2.75) is 38.7 Å². The van der Waals surface area contributed by atoms with E-state index < -0.39 is 26.5 Å². The highest BCUT2D eigenvalue weighted by Gasteiger charge is 2.24. The van der Waals surface area contributed by atoms with Gasteiger partial charge in [-0.3, -0.25) is 13.8 Å². The second kappa shape index (κ2) is 18.6. The number of ether oxygens (including phenoxy) is 1. The van der Waals surface area contributed by atoms with Crippen molar-refractivity contribution < 1.29 is 37.6 Å². The number of phosphoric ester groups is 1. The van der Waals surface area contributed by atoms with Crippen LogP contribution in [0, 0.1) is 0 Å². The fourth-order valence-corrected chi connectivity index (χ4v) is 2.84. The Morgan fingerprint density at radius 2 is 1.52 bits per heavy atom. The summed E-state index contributed by atoms with van der Waals surface area (Å²) >= 11 is 0. The highest BCUT2D eigenvalue weighted by molar-refractivity contribution is 7.47. The lowest BCUT2D eigenvalue weighted by molar-refractivity contribution is -0.870. The Kier molecular flexibility index (Phi) is 17.6. The van der Waals surface area contributed by atoms with E-state index in [2.05, 4.69) is 13.0 Å². The van der Waals surface area contributed by atoms with Crippen LogP contribution in [-0.2, 0) is 23.1 Å². The molecule has 0 rings (SSSR count). The number of hydrogen-bond acceptors (Lipinski definition) is 6. The van der Waals surface area contributed by atoms with Gasteiger partial charge in [-0.15, -0.1) is 0 Å². The minimum atomic E-state index is -4.26. The zero-order valence-corrected chi connectivity index (χ0v) is 21.2. The molecule has 8 nitrogen and oxygen atoms in total. The molecule has 9 heteroatoms. The number of quaternary nitrogens is 1. The number of hydrogen-bond donors (Lipinski definition) is 2. The van der Waals surface area contributed by atoms with Crippen molar-refractivity contribution in [1.29, 1.82) is 0 Å². The van der Waals surface area contributed by atoms with Gasteiger partial charge >= 0.3 is 13.8 Å². The number of allylic oxidation sites excluding steroid dienone is 10. The van der Waals surface area contributed by atoms with Gasteiger partial charge in [-0.05, 0) is 19.3 Å². The van der Waals surface area contributed by atoms with Gasteiger partial charge in [0, 0.05) is 6.42 Å². The number of phosphoric acid groups is 1. The van der Waals surface area contributed by atoms with Gasteiger partial charge in [-0.2, -0.15) is 0 Å². The molecule has 0 aliphatic heterocycles. The van der Waals surface area contributed by atoms with Crippen LogP contribution in [-0.4, -0.2) is 74.1 Å². The normalized spacial score (nSPS) is 15.9. The topological polar surface area (TPSA) is 102 Å². The average molecular weight is 487 g/mol. The second-order valence-electron chi connectivity index (χ2n) is 8.26. The van der Waals surface area contributed by atoms with E-state index in [0.717, 1.165) is 12.8 Å². The van der Waals surface area contributed by atoms with E-state index in [1.165, 1.54) is 0 Å². The Hall–Kier alpha value is -1.80. The number of esters is 1. The number of aliphatic hydroxyl groups is 1. The van der Waals surface area contributed by atoms with Gasteiger partial charge in [0.1, 0.15) is 25.9 Å². The fourth-order valence-electron chi connectivity index (χ4n) is 2.10. The lowest BCUT2D eigenvalue weighted by atomic mass is 10.2. The van der Waals surface area contributed by atoms with E-state index in [9.17, 15) is 19.4 Å². The van der Waals surface area contributed by atoms with Gasteiger partial charge in [-0.25, -0.2) is 4.57 Å². The summed E-state index contributed by atoms with van der Waals surface area (Å²) in [6.07, 6.45) is 20.9. The van der Waals surface area contributed by atoms with E-state index >= 15 is 0 Å². The minimum Gasteiger partial charge on any atom is -0.463 e. The Balaban J connectivity index is 3.89. The Morgan fingerprint density at radius 3 is 2.09 bits per heavy atom. The maximum atomic E-state index is 11.8. The van der Waals surface area contributed by atoms with Crippen LogP contribution in [0.25, 0.3) is 0 Å². The molecule has 33 heavy (non-hydrogen) atoms. The summed E-state index contributed by atoms with van der Waals surface area (Å²) in [7, 11) is 1.50. The first-order valence-corrected chi connectivity index (χ1v) is 12.6. The first kappa shape index (κ1) is 31.2. The van der Waals surface area contributed by atoms with Crippen LogP contribution in [0.5, 0.6) is 0 Å². The van der Waals surface area contributed by atoms with Crippen LogP contribution < -0.4 is 0 Å². The summed E-state index contributed by atoms with van der Waals surface area (Å²) in [6.45, 7) is 1.86. The molecule has 188 valence electrons. The quantitative estimate of drug-likeness (QED) is 0.0989. The molecule has 0 spiro atoms. The molecule has 0 fully saturated rings. The molecular formula is C24H41NO7P+. The standard InChI is InChI=1S/C24H40NO7P/c1-5-6-7-8-9-10-11-12-13-14-15-16-17-18-24(27)30-21-23(26)22-32-33(28,29)31-20-19-25(2,3)4/h6-15,23,26H,5,16-22H2,1-4H3/p+1/b7-6+,9-8+,11-10+,13-12+,15-14+. The second-order valence-corrected chi connectivity index (χ2v) is 9.71. The van der Waals surface area contributed by atoms with Crippen LogP contribution in [0.3, 0.4) is 0 Å². The number of aliphatic hydroxyl groups excluding tert-OH is 1. The summed E-state index contributed by atoms with van der Waals surface area (Å²) < 4.78 is 26.9. The van der Waals surface area contributed by atoms with Crippen molar-refractivity contribution in [2.75, 3.05) is 47.5 Å². The molecule has 0 bridgehead atoms. The molecule has 0 saturated carbocycles. The number of rotatable bonds is 18. The lowest BCUT2D eigenvalue weighted by Crippen LogP contribution is -2.37. The van der Waals surface area contributed by atoms with Crippen LogP contribution in [0.2, 0.25) is 0 Å². The fraction of sp³-hybridized carbons (Fsp3) is 0.542. The van der Waals surface area contributed by atoms with E-state index in [4.69, 9.17) is 13.8 Å². The molecule has 0 amide bonds. The van der Waals surface area contributed by atoms with Crippen LogP contribution in [0.4, 0.5) is 0 Å². The van der Waals surface area contributed by atoms with Crippen molar-refractivity contribution in [3.63, 3.8) is 0 Å². The average Bonchev–Trinajstić information content (AvgIpc) is 2.73. The van der Waals surface area contributed by atoms with E-state index in [1.807, 2.05) is 75.8 Å². The highest BCUT2D eigenvalue weighted by atomic mass is 31.2. The number of carbonyl (C=O) groups excluding carboxylic acids is 1. The zero-order chi connectivity index (χ0) is 25.0. The molecule has 0 heterocycles. The molecule has 0 radical (unpaired) electrons. The SMILES string of the molecule is CC/C=C/C=C/C=C/C=C/C=C/CCCC(=O)OCC(O)COP(=O)(O)OCC[N+](C)(C)C. The maximum Gasteiger partial charge on any atom is 0.472 e. The van der Waals surface area contributed by atoms with E-state index in [0.29, 0.717) is 17.4 Å². The van der Waals surface area contributed by atoms with Crippen LogP contribution >= 0.6 is 7.82 Å². The molecule has 0 aliphatic rings. The summed E-state index contributed by atoms with van der Waals surface area (Å²) in [5.41, 5.74) is 0. The molecule has 0 aromatic carbocycles. The zero-order valence-electron chi connectivity index (χ0n) is 20.3. The van der Waals surface area contributed by atoms with Crippen molar-refractivity contribution in [3.05, 3.63) is 60.8 Å². The summed E-state index contributed by atoms with van der Waals surface area (Å²) in [5.74, 6) is -0.448. The van der Waals surface area contributed by atoms with Crippen molar-refractivity contribution >= 4 is 13.8 Å². The summed E-state index contributed by atoms with van der Waals surface area (Å²) in [4.78, 5) is 21.3. The lowest BCUT2D eigenvalue weighted by Gasteiger charge is -2.24. The Labute approximate surface area is 198 Å². The first-order chi connectivity index (χ1) is 15.6. The smallest absolute Gasteiger partial charge is 0.463 e. The summed E-state index contributed by atoms with van der Waals surface area (Å²) in [6, 6.07) is 0. The van der Waals surface area contributed by atoms with E-state index in [1.54, 1.807) is 0 Å². The molecule has 2 N–H and O–H groups in total. The monoisotopic (exact) mass is 486 g/mol. The Morgan fingerprint density at radius 1 is 0.939 bits per heavy atom. The number of unbranched alkanes of at least 4 members (excludes halogenated alkanes) is 1. The predicted molar refractivity (Wildman–Crippen MR) is 131 cm³/mol. The molecule has 2 unspecified atom stereocenters. The van der Waals surface area contributed by atoms with Gasteiger partial charge in [0.15, 0.2) is 0 Å². The van der Waals surface area contributed by atoms with Crippen molar-refractivity contribution in [2.24, 2.45) is 0 Å². The molecule has 0 aromatic rings. The number of likely N-dealkylation sites (N-methyl/N-ethyl adjacent to an activating group) is 1. The van der Waals surface area contributed by atoms with Crippen molar-refractivity contribution in [3.8, 4) is 0 Å². The van der Waals surface area contributed by atoms with Gasteiger partial charge in [-0.1, -0.05) is 67.7 Å². The molecular weight excluding hydrogens is 445 g/mol. The largest absolute Gasteiger partial charge is 0.472 e. The van der Waals surface area contributed by atoms with Crippen molar-refractivity contribution in [1.82, 2.24) is 0 Å². The van der Waals surface area contributed by atoms with E-state index in [-0.39, 0.29) is 19.6 Å². The van der Waals surface area contributed by atoms with Gasteiger partial charge in [0.05, 0.1) is 27.7 Å². The minimum absolute atomic E-state index is 0.0393. The third-order valence-corrected chi connectivity index (χ3v) is 4.90. The van der Waals surface area contributed by atoms with Gasteiger partial charge in [0.2, 0.25) is 0 Å². The van der Waals surface area contributed by atoms with Crippen LogP contribution in [0.1, 0.15) is 32.6 Å². The maximum absolute atomic E-state index is 11.8. The Bertz CT molecular complexity index is 721.